The van der Waals surface area contributed by atoms with Gasteiger partial charge in [0.05, 0.1) is 0 Å². The minimum atomic E-state index is 0.391. The average molecular weight is 278 g/mol. The molecule has 0 spiro atoms. The Morgan fingerprint density at radius 2 is 1.90 bits per heavy atom. The summed E-state index contributed by atoms with van der Waals surface area (Å²) in [5, 5.41) is 3.93. The van der Waals surface area contributed by atoms with E-state index >= 15 is 0 Å². The summed E-state index contributed by atoms with van der Waals surface area (Å²) in [6.45, 7) is 12.2. The fourth-order valence-electron chi connectivity index (χ4n) is 4.29. The van der Waals surface area contributed by atoms with Crippen LogP contribution >= 0.6 is 0 Å². The molecular weight excluding hydrogens is 244 g/mol. The molecule has 116 valence electrons. The van der Waals surface area contributed by atoms with Crippen LogP contribution in [0.2, 0.25) is 0 Å². The molecule has 1 aliphatic heterocycles. The molecule has 0 amide bonds. The molecule has 0 radical (unpaired) electrons. The highest BCUT2D eigenvalue weighted by molar-refractivity contribution is 5.05. The zero-order valence-corrected chi connectivity index (χ0v) is 14.0. The minimum absolute atomic E-state index is 0.391. The van der Waals surface area contributed by atoms with Crippen LogP contribution in [0.3, 0.4) is 0 Å². The van der Waals surface area contributed by atoms with Crippen LogP contribution < -0.4 is 5.32 Å². The summed E-state index contributed by atoms with van der Waals surface area (Å²) in [4.78, 5) is 2.91. The number of piperazine rings is 1. The lowest BCUT2D eigenvalue weighted by Crippen LogP contribution is -2.67. The molecule has 1 N–H and O–H groups in total. The van der Waals surface area contributed by atoms with Crippen LogP contribution in [-0.4, -0.2) is 35.6 Å². The Bertz CT molecular complexity index is 332. The summed E-state index contributed by atoms with van der Waals surface area (Å²) in [6.07, 6.45) is 8.68. The third-order valence-corrected chi connectivity index (χ3v) is 6.14. The predicted molar refractivity (Wildman–Crippen MR) is 85.9 cm³/mol. The van der Waals surface area contributed by atoms with E-state index in [0.29, 0.717) is 5.54 Å². The van der Waals surface area contributed by atoms with E-state index in [2.05, 4.69) is 37.9 Å². The smallest absolute Gasteiger partial charge is 0.0309 e. The van der Waals surface area contributed by atoms with Crippen molar-refractivity contribution in [1.82, 2.24) is 10.2 Å². The van der Waals surface area contributed by atoms with Gasteiger partial charge in [-0.05, 0) is 50.4 Å². The first kappa shape index (κ1) is 14.8. The van der Waals surface area contributed by atoms with Crippen LogP contribution in [0, 0.1) is 17.8 Å². The molecule has 2 heteroatoms. The second-order valence-corrected chi connectivity index (χ2v) is 8.30. The molecule has 3 rings (SSSR count). The fraction of sp³-hybridized carbons (Fsp3) is 1.00. The Hall–Kier alpha value is -0.0800. The molecule has 2 aliphatic carbocycles. The summed E-state index contributed by atoms with van der Waals surface area (Å²) in [6, 6.07) is 1.57. The van der Waals surface area contributed by atoms with Gasteiger partial charge in [-0.25, -0.2) is 0 Å². The van der Waals surface area contributed by atoms with Crippen molar-refractivity contribution in [3.63, 3.8) is 0 Å². The van der Waals surface area contributed by atoms with Gasteiger partial charge < -0.3 is 5.32 Å². The zero-order chi connectivity index (χ0) is 14.3. The largest absolute Gasteiger partial charge is 0.308 e. The van der Waals surface area contributed by atoms with Gasteiger partial charge in [-0.15, -0.1) is 0 Å². The molecule has 1 saturated heterocycles. The monoisotopic (exact) mass is 278 g/mol. The van der Waals surface area contributed by atoms with Crippen LogP contribution in [0.4, 0.5) is 0 Å². The second kappa shape index (κ2) is 5.61. The lowest BCUT2D eigenvalue weighted by atomic mass is 9.86. The van der Waals surface area contributed by atoms with Gasteiger partial charge in [0.25, 0.3) is 0 Å². The Kier molecular flexibility index (Phi) is 4.16. The van der Waals surface area contributed by atoms with E-state index < -0.39 is 0 Å². The number of nitrogens with zero attached hydrogens (tertiary/aromatic N) is 1. The lowest BCUT2D eigenvalue weighted by molar-refractivity contribution is 0.0122. The maximum atomic E-state index is 3.93. The van der Waals surface area contributed by atoms with Gasteiger partial charge in [0.2, 0.25) is 0 Å². The first-order chi connectivity index (χ1) is 9.53. The van der Waals surface area contributed by atoms with Crippen molar-refractivity contribution in [3.05, 3.63) is 0 Å². The molecule has 0 aromatic carbocycles. The van der Waals surface area contributed by atoms with Crippen molar-refractivity contribution in [3.8, 4) is 0 Å². The quantitative estimate of drug-likeness (QED) is 0.797. The fourth-order valence-corrected chi connectivity index (χ4v) is 4.29. The number of hydrogen-bond donors (Lipinski definition) is 1. The molecular formula is C18H34N2. The van der Waals surface area contributed by atoms with Crippen molar-refractivity contribution in [2.45, 2.75) is 83.8 Å². The van der Waals surface area contributed by atoms with Gasteiger partial charge in [0.15, 0.2) is 0 Å². The summed E-state index contributed by atoms with van der Waals surface area (Å²) < 4.78 is 0. The Balaban J connectivity index is 1.72. The average Bonchev–Trinajstić information content (AvgIpc) is 3.28. The third-order valence-electron chi connectivity index (χ3n) is 6.14. The molecule has 3 unspecified atom stereocenters. The van der Waals surface area contributed by atoms with E-state index in [1.807, 2.05) is 0 Å². The van der Waals surface area contributed by atoms with Gasteiger partial charge in [-0.3, -0.25) is 4.90 Å². The van der Waals surface area contributed by atoms with Gasteiger partial charge in [0, 0.05) is 30.7 Å². The van der Waals surface area contributed by atoms with E-state index in [1.54, 1.807) is 0 Å². The molecule has 20 heavy (non-hydrogen) atoms. The molecule has 3 aliphatic rings. The maximum absolute atomic E-state index is 3.93. The second-order valence-electron chi connectivity index (χ2n) is 8.30. The highest BCUT2D eigenvalue weighted by Gasteiger charge is 2.47. The molecule has 2 saturated carbocycles. The van der Waals surface area contributed by atoms with E-state index in [9.17, 15) is 0 Å². The van der Waals surface area contributed by atoms with Crippen LogP contribution in [-0.2, 0) is 0 Å². The van der Waals surface area contributed by atoms with E-state index in [0.717, 1.165) is 29.8 Å². The Morgan fingerprint density at radius 3 is 2.40 bits per heavy atom. The first-order valence-electron chi connectivity index (χ1n) is 9.04. The van der Waals surface area contributed by atoms with Gasteiger partial charge in [-0.2, -0.15) is 0 Å². The summed E-state index contributed by atoms with van der Waals surface area (Å²) >= 11 is 0. The summed E-state index contributed by atoms with van der Waals surface area (Å²) in [5.74, 6) is 2.76. The number of nitrogens with one attached hydrogen (secondary N) is 1. The van der Waals surface area contributed by atoms with Crippen molar-refractivity contribution in [2.75, 3.05) is 13.1 Å². The van der Waals surface area contributed by atoms with Gasteiger partial charge in [0.1, 0.15) is 0 Å². The number of hydrogen-bond acceptors (Lipinski definition) is 2. The third kappa shape index (κ3) is 3.06. The van der Waals surface area contributed by atoms with E-state index in [4.69, 9.17) is 0 Å². The van der Waals surface area contributed by atoms with Crippen LogP contribution in [0.25, 0.3) is 0 Å². The van der Waals surface area contributed by atoms with Crippen LogP contribution in [0.15, 0.2) is 0 Å². The van der Waals surface area contributed by atoms with Gasteiger partial charge >= 0.3 is 0 Å². The van der Waals surface area contributed by atoms with Crippen molar-refractivity contribution in [1.29, 1.82) is 0 Å². The summed E-state index contributed by atoms with van der Waals surface area (Å²) in [5.41, 5.74) is 0.391. The van der Waals surface area contributed by atoms with Gasteiger partial charge in [-0.1, -0.05) is 33.6 Å². The first-order valence-corrected chi connectivity index (χ1v) is 9.04. The lowest BCUT2D eigenvalue weighted by Gasteiger charge is -2.51. The highest BCUT2D eigenvalue weighted by atomic mass is 15.3. The maximum Gasteiger partial charge on any atom is 0.0309 e. The molecule has 3 fully saturated rings. The Morgan fingerprint density at radius 1 is 1.20 bits per heavy atom. The molecule has 3 atom stereocenters. The normalized spacial score (nSPS) is 37.4. The summed E-state index contributed by atoms with van der Waals surface area (Å²) in [7, 11) is 0. The molecule has 0 aromatic rings. The molecule has 2 nitrogen and oxygen atoms in total. The van der Waals surface area contributed by atoms with E-state index in [1.165, 1.54) is 51.6 Å². The highest BCUT2D eigenvalue weighted by Crippen LogP contribution is 2.43. The SMILES string of the molecule is CCC(CC1CC1)N1CC(C)(C2CC2)NCC1C(C)C. The molecule has 0 bridgehead atoms. The Labute approximate surface area is 125 Å². The standard InChI is InChI=1S/C18H34N2/c1-5-16(10-14-6-7-14)20-12-18(4,15-8-9-15)19-11-17(20)13(2)3/h13-17,19H,5-12H2,1-4H3. The van der Waals surface area contributed by atoms with Crippen LogP contribution in [0.1, 0.15) is 66.2 Å². The van der Waals surface area contributed by atoms with E-state index in [-0.39, 0.29) is 0 Å². The minimum Gasteiger partial charge on any atom is -0.308 e. The van der Waals surface area contributed by atoms with Crippen LogP contribution in [0.5, 0.6) is 0 Å². The van der Waals surface area contributed by atoms with Crippen molar-refractivity contribution >= 4 is 0 Å². The predicted octanol–water partition coefficient (Wildman–Crippen LogP) is 3.66. The van der Waals surface area contributed by atoms with Crippen molar-refractivity contribution < 1.29 is 0 Å². The molecule has 1 heterocycles. The topological polar surface area (TPSA) is 15.3 Å². The van der Waals surface area contributed by atoms with Crippen molar-refractivity contribution in [2.24, 2.45) is 17.8 Å². The zero-order valence-electron chi connectivity index (χ0n) is 14.0. The number of rotatable bonds is 6. The molecule has 0 aromatic heterocycles.